The monoisotopic (exact) mass is 510 g/mol. The van der Waals surface area contributed by atoms with E-state index in [1.54, 1.807) is 24.3 Å². The van der Waals surface area contributed by atoms with Gasteiger partial charge in [-0.15, -0.1) is 0 Å². The average Bonchev–Trinajstić information content (AvgIpc) is 3.10. The Morgan fingerprint density at radius 2 is 1.59 bits per heavy atom. The molecule has 0 radical (unpaired) electrons. The zero-order valence-corrected chi connectivity index (χ0v) is 19.9. The minimum absolute atomic E-state index is 0.00509. The summed E-state index contributed by atoms with van der Waals surface area (Å²) in [5.41, 5.74) is 11.3. The van der Waals surface area contributed by atoms with E-state index >= 15 is 0 Å². The van der Waals surface area contributed by atoms with Crippen LogP contribution in [0.3, 0.4) is 0 Å². The third-order valence-electron chi connectivity index (χ3n) is 6.22. The van der Waals surface area contributed by atoms with Crippen molar-refractivity contribution < 1.29 is 26.4 Å². The summed E-state index contributed by atoms with van der Waals surface area (Å²) in [5, 5.41) is 3.18. The molecule has 3 aliphatic heterocycles. The van der Waals surface area contributed by atoms with E-state index in [0.29, 0.717) is 37.3 Å². The maximum Gasteiger partial charge on any atom is 0.275 e. The van der Waals surface area contributed by atoms with Gasteiger partial charge in [0.2, 0.25) is 20.9 Å². The van der Waals surface area contributed by atoms with Crippen LogP contribution < -0.4 is 21.7 Å². The van der Waals surface area contributed by atoms with Crippen molar-refractivity contribution in [3.05, 3.63) is 35.4 Å². The number of rotatable bonds is 4. The van der Waals surface area contributed by atoms with Gasteiger partial charge >= 0.3 is 0 Å². The lowest BCUT2D eigenvalue weighted by Crippen LogP contribution is -2.58. The smallest absolute Gasteiger partial charge is 0.275 e. The number of amides is 2. The minimum Gasteiger partial charge on any atom is -0.370 e. The first-order valence-corrected chi connectivity index (χ1v) is 14.0. The van der Waals surface area contributed by atoms with Crippen molar-refractivity contribution in [3.63, 3.8) is 0 Å². The van der Waals surface area contributed by atoms with Gasteiger partial charge in [-0.2, -0.15) is 0 Å². The van der Waals surface area contributed by atoms with Crippen LogP contribution >= 0.6 is 0 Å². The number of hydrogen-bond donors (Lipinski definition) is 3. The summed E-state index contributed by atoms with van der Waals surface area (Å²) >= 11 is 0. The fraction of sp³-hybridized carbons (Fsp3) is 0.450. The van der Waals surface area contributed by atoms with Gasteiger partial charge in [-0.3, -0.25) is 9.59 Å². The molecule has 0 bridgehead atoms. The molecular formula is C20H26N6O6S2. The number of carbonyl (C=O) groups is 2. The first-order valence-electron chi connectivity index (χ1n) is 10.7. The summed E-state index contributed by atoms with van der Waals surface area (Å²) in [7, 11) is -7.18. The van der Waals surface area contributed by atoms with Gasteiger partial charge in [-0.25, -0.2) is 21.8 Å². The lowest BCUT2D eigenvalue weighted by molar-refractivity contribution is -0.123. The molecule has 1 aromatic rings. The number of nitrogens with two attached hydrogens (primary N) is 2. The number of primary amides is 1. The van der Waals surface area contributed by atoms with E-state index in [0.717, 1.165) is 5.41 Å². The Morgan fingerprint density at radius 1 is 0.971 bits per heavy atom. The minimum atomic E-state index is -3.97. The van der Waals surface area contributed by atoms with Crippen LogP contribution in [0.1, 0.15) is 12.8 Å². The van der Waals surface area contributed by atoms with Crippen LogP contribution in [0.25, 0.3) is 0 Å². The molecule has 0 spiro atoms. The molecule has 184 valence electrons. The second-order valence-corrected chi connectivity index (χ2v) is 12.6. The van der Waals surface area contributed by atoms with Gasteiger partial charge < -0.3 is 26.6 Å². The van der Waals surface area contributed by atoms with Crippen molar-refractivity contribution in [1.29, 1.82) is 0 Å². The molecule has 3 heterocycles. The number of para-hydroxylation sites is 2. The van der Waals surface area contributed by atoms with Crippen molar-refractivity contribution in [2.75, 3.05) is 47.9 Å². The molecule has 4 rings (SSSR count). The summed E-state index contributed by atoms with van der Waals surface area (Å²) in [6.07, 6.45) is 0.709. The van der Waals surface area contributed by atoms with Gasteiger partial charge in [0.05, 0.1) is 33.8 Å². The van der Waals surface area contributed by atoms with E-state index in [1.165, 1.54) is 4.90 Å². The van der Waals surface area contributed by atoms with Gasteiger partial charge in [0.25, 0.3) is 5.91 Å². The van der Waals surface area contributed by atoms with Gasteiger partial charge in [-0.1, -0.05) is 12.1 Å². The Bertz CT molecular complexity index is 1280. The number of carbonyl (C=O) groups excluding carboxylic acids is 2. The Hall–Kier alpha value is -2.97. The Balaban J connectivity index is 1.50. The largest absolute Gasteiger partial charge is 0.370 e. The van der Waals surface area contributed by atoms with Crippen LogP contribution in [0, 0.1) is 0 Å². The number of anilines is 2. The molecule has 1 aromatic carbocycles. The lowest BCUT2D eigenvalue weighted by atomic mass is 9.87. The molecule has 14 heteroatoms. The Labute approximate surface area is 197 Å². The quantitative estimate of drug-likeness (QED) is 0.446. The molecule has 2 saturated heterocycles. The molecule has 0 saturated carbocycles. The number of aliphatic imine (C=N–C) groups is 1. The van der Waals surface area contributed by atoms with Crippen molar-refractivity contribution in [1.82, 2.24) is 4.90 Å². The van der Waals surface area contributed by atoms with E-state index in [2.05, 4.69) is 10.3 Å². The molecule has 0 aliphatic carbocycles. The number of nitrogens with one attached hydrogen (secondary N) is 1. The maximum absolute atomic E-state index is 12.9. The highest BCUT2D eigenvalue weighted by atomic mass is 32.2. The third-order valence-corrected chi connectivity index (χ3v) is 9.23. The number of benzene rings is 1. The summed E-state index contributed by atoms with van der Waals surface area (Å²) in [6, 6.07) is 6.99. The van der Waals surface area contributed by atoms with Crippen molar-refractivity contribution in [2.24, 2.45) is 16.5 Å². The summed E-state index contributed by atoms with van der Waals surface area (Å²) in [6.45, 7) is 0.886. The average molecular weight is 511 g/mol. The highest BCUT2D eigenvalue weighted by Gasteiger charge is 2.37. The standard InChI is InChI=1S/C20H26N6O6S2/c21-18(28)20(22)5-7-25(8-6-20)16-4-2-1-3-14(16)23-17(27)15-13-34(31,32)19(24-15)26-9-11-33(29,30)12-10-26/h1-4,13H,5-12,22H2,(H2,21,28)(H,23,27). The normalized spacial score (nSPS) is 23.1. The van der Waals surface area contributed by atoms with Crippen LogP contribution in [0.4, 0.5) is 11.4 Å². The van der Waals surface area contributed by atoms with Crippen LogP contribution in [0.5, 0.6) is 0 Å². The first-order chi connectivity index (χ1) is 15.9. The highest BCUT2D eigenvalue weighted by molar-refractivity contribution is 8.09. The van der Waals surface area contributed by atoms with Gasteiger partial charge in [-0.05, 0) is 25.0 Å². The molecule has 5 N–H and O–H groups in total. The summed E-state index contributed by atoms with van der Waals surface area (Å²) < 4.78 is 48.5. The number of nitrogens with zero attached hydrogens (tertiary/aromatic N) is 3. The molecule has 2 fully saturated rings. The van der Waals surface area contributed by atoms with Crippen LogP contribution in [0.2, 0.25) is 0 Å². The molecule has 12 nitrogen and oxygen atoms in total. The number of sulfone groups is 2. The lowest BCUT2D eigenvalue weighted by Gasteiger charge is -2.38. The van der Waals surface area contributed by atoms with E-state index in [1.807, 2.05) is 4.90 Å². The predicted molar refractivity (Wildman–Crippen MR) is 127 cm³/mol. The van der Waals surface area contributed by atoms with Gasteiger partial charge in [0, 0.05) is 26.2 Å². The van der Waals surface area contributed by atoms with E-state index in [4.69, 9.17) is 11.5 Å². The number of piperidine rings is 1. The fourth-order valence-electron chi connectivity index (χ4n) is 4.09. The second kappa shape index (κ2) is 8.67. The SMILES string of the molecule is NC(=O)C1(N)CCN(c2ccccc2NC(=O)C2=CS(=O)(=O)C(N3CCS(=O)(=O)CC3)=N2)CC1. The van der Waals surface area contributed by atoms with Crippen LogP contribution in [-0.4, -0.2) is 81.9 Å². The summed E-state index contributed by atoms with van der Waals surface area (Å²) in [4.78, 5) is 31.9. The second-order valence-electron chi connectivity index (χ2n) is 8.56. The van der Waals surface area contributed by atoms with E-state index in [9.17, 15) is 26.4 Å². The van der Waals surface area contributed by atoms with Crippen molar-refractivity contribution in [3.8, 4) is 0 Å². The topological polar surface area (TPSA) is 185 Å². The zero-order chi connectivity index (χ0) is 24.7. The summed E-state index contributed by atoms with van der Waals surface area (Å²) in [5.74, 6) is -1.61. The molecule has 0 aromatic heterocycles. The molecule has 3 aliphatic rings. The predicted octanol–water partition coefficient (Wildman–Crippen LogP) is -1.24. The Morgan fingerprint density at radius 3 is 2.21 bits per heavy atom. The van der Waals surface area contributed by atoms with E-state index in [-0.39, 0.29) is 35.5 Å². The highest BCUT2D eigenvalue weighted by Crippen LogP contribution is 2.31. The number of hydrogen-bond acceptors (Lipinski definition) is 10. The zero-order valence-electron chi connectivity index (χ0n) is 18.3. The molecule has 0 unspecified atom stereocenters. The van der Waals surface area contributed by atoms with Crippen LogP contribution in [0.15, 0.2) is 40.4 Å². The van der Waals surface area contributed by atoms with Crippen molar-refractivity contribution >= 4 is 48.0 Å². The van der Waals surface area contributed by atoms with Crippen LogP contribution in [-0.2, 0) is 29.3 Å². The molecule has 34 heavy (non-hydrogen) atoms. The number of amidine groups is 1. The van der Waals surface area contributed by atoms with Crippen molar-refractivity contribution in [2.45, 2.75) is 18.4 Å². The first kappa shape index (κ1) is 24.2. The molecule has 0 atom stereocenters. The van der Waals surface area contributed by atoms with E-state index < -0.39 is 37.0 Å². The maximum atomic E-state index is 12.9. The third kappa shape index (κ3) is 4.79. The molecular weight excluding hydrogens is 484 g/mol. The molecule has 2 amide bonds. The van der Waals surface area contributed by atoms with Gasteiger partial charge in [0.15, 0.2) is 9.84 Å². The fourth-order valence-corrected chi connectivity index (χ4v) is 6.61. The van der Waals surface area contributed by atoms with Gasteiger partial charge in [0.1, 0.15) is 5.70 Å². The Kier molecular flexibility index (Phi) is 6.16.